The summed E-state index contributed by atoms with van der Waals surface area (Å²) in [6, 6.07) is 0. The molecule has 0 saturated carbocycles. The van der Waals surface area contributed by atoms with Crippen molar-refractivity contribution >= 4 is 24.9 Å². The molecule has 5 N–H and O–H groups in total. The van der Waals surface area contributed by atoms with Crippen LogP contribution in [0.15, 0.2) is 12.5 Å². The van der Waals surface area contributed by atoms with Crippen molar-refractivity contribution in [3.8, 4) is 11.5 Å². The molecule has 1 saturated heterocycles. The predicted octanol–water partition coefficient (Wildman–Crippen LogP) is 0.244. The van der Waals surface area contributed by atoms with E-state index in [2.05, 4.69) is 41.1 Å². The van der Waals surface area contributed by atoms with Crippen LogP contribution in [0.1, 0.15) is 18.7 Å². The highest BCUT2D eigenvalue weighted by molar-refractivity contribution is 6.83. The Hall–Kier alpha value is -1.96. The Bertz CT molecular complexity index is 894. The molecule has 0 radical (unpaired) electrons. The molecule has 0 aliphatic carbocycles. The van der Waals surface area contributed by atoms with Crippen LogP contribution in [0.5, 0.6) is 0 Å². The number of hydrogen-bond acceptors (Lipinski definition) is 7. The standard InChI is InChI=1S/C17H24N4O4Si/c1-17(24)13(23)11(8-22)25-16(17)21-7-10(5-6-26(2,3)4)12-14(18)19-9-20-15(12)21/h7,9,11,13,16,22-24H,8H2,1-4H3,(H2,18,19,20)/t11-,13-,16?,17-/m1/s1. The minimum Gasteiger partial charge on any atom is -0.394 e. The summed E-state index contributed by atoms with van der Waals surface area (Å²) in [6.07, 6.45) is -0.0650. The molecule has 8 nitrogen and oxygen atoms in total. The average molecular weight is 376 g/mol. The zero-order valence-electron chi connectivity index (χ0n) is 15.3. The van der Waals surface area contributed by atoms with E-state index >= 15 is 0 Å². The fourth-order valence-corrected chi connectivity index (χ4v) is 3.54. The van der Waals surface area contributed by atoms with Gasteiger partial charge < -0.3 is 30.4 Å². The second-order valence-corrected chi connectivity index (χ2v) is 12.5. The minimum atomic E-state index is -1.63. The molecule has 0 aromatic carbocycles. The molecule has 140 valence electrons. The van der Waals surface area contributed by atoms with E-state index < -0.39 is 38.7 Å². The van der Waals surface area contributed by atoms with E-state index in [0.717, 1.165) is 0 Å². The zero-order chi connectivity index (χ0) is 19.3. The van der Waals surface area contributed by atoms with E-state index in [-0.39, 0.29) is 5.82 Å². The maximum absolute atomic E-state index is 10.8. The Morgan fingerprint density at radius 1 is 1.38 bits per heavy atom. The van der Waals surface area contributed by atoms with Crippen LogP contribution < -0.4 is 5.73 Å². The first-order valence-electron chi connectivity index (χ1n) is 8.37. The molecule has 2 aromatic rings. The summed E-state index contributed by atoms with van der Waals surface area (Å²) in [5.74, 6) is 3.44. The average Bonchev–Trinajstić information content (AvgIpc) is 3.02. The Morgan fingerprint density at radius 2 is 2.08 bits per heavy atom. The summed E-state index contributed by atoms with van der Waals surface area (Å²) in [6.45, 7) is 7.44. The van der Waals surface area contributed by atoms with Crippen LogP contribution in [0.4, 0.5) is 5.82 Å². The van der Waals surface area contributed by atoms with Crippen molar-refractivity contribution in [2.45, 2.75) is 50.6 Å². The molecule has 1 aliphatic rings. The van der Waals surface area contributed by atoms with Crippen molar-refractivity contribution in [2.75, 3.05) is 12.3 Å². The van der Waals surface area contributed by atoms with E-state index in [1.807, 2.05) is 0 Å². The number of nitrogens with two attached hydrogens (primary N) is 1. The molecule has 26 heavy (non-hydrogen) atoms. The van der Waals surface area contributed by atoms with Crippen LogP contribution in [0.3, 0.4) is 0 Å². The molecule has 1 aliphatic heterocycles. The number of aliphatic hydroxyl groups excluding tert-OH is 2. The quantitative estimate of drug-likeness (QED) is 0.437. The lowest BCUT2D eigenvalue weighted by molar-refractivity contribution is -0.0948. The molecule has 4 atom stereocenters. The Balaban J connectivity index is 2.19. The van der Waals surface area contributed by atoms with Gasteiger partial charge in [0.2, 0.25) is 0 Å². The van der Waals surface area contributed by atoms with Gasteiger partial charge >= 0.3 is 0 Å². The van der Waals surface area contributed by atoms with E-state index in [0.29, 0.717) is 16.6 Å². The van der Waals surface area contributed by atoms with Crippen molar-refractivity contribution in [1.82, 2.24) is 14.5 Å². The highest BCUT2D eigenvalue weighted by atomic mass is 28.3. The lowest BCUT2D eigenvalue weighted by Gasteiger charge is -2.27. The Morgan fingerprint density at radius 3 is 2.65 bits per heavy atom. The number of aliphatic hydroxyl groups is 3. The zero-order valence-corrected chi connectivity index (χ0v) is 16.3. The molecule has 2 aromatic heterocycles. The van der Waals surface area contributed by atoms with Crippen LogP contribution in [0, 0.1) is 11.5 Å². The summed E-state index contributed by atoms with van der Waals surface area (Å²) in [7, 11) is -1.63. The third-order valence-corrected chi connectivity index (χ3v) is 5.27. The molecular weight excluding hydrogens is 352 g/mol. The molecular formula is C17H24N4O4Si. The number of rotatable bonds is 2. The van der Waals surface area contributed by atoms with Crippen molar-refractivity contribution < 1.29 is 20.1 Å². The first-order valence-corrected chi connectivity index (χ1v) is 11.9. The highest BCUT2D eigenvalue weighted by Gasteiger charge is 2.53. The number of nitrogen functional groups attached to an aromatic ring is 1. The monoisotopic (exact) mass is 376 g/mol. The normalized spacial score (nSPS) is 29.0. The highest BCUT2D eigenvalue weighted by Crippen LogP contribution is 2.40. The van der Waals surface area contributed by atoms with E-state index in [1.54, 1.807) is 10.8 Å². The fraction of sp³-hybridized carbons (Fsp3) is 0.529. The molecule has 0 spiro atoms. The molecule has 3 rings (SSSR count). The van der Waals surface area contributed by atoms with Gasteiger partial charge in [0.1, 0.15) is 43.7 Å². The second-order valence-electron chi connectivity index (χ2n) is 7.79. The van der Waals surface area contributed by atoms with E-state index in [9.17, 15) is 15.3 Å². The third-order valence-electron chi connectivity index (χ3n) is 4.40. The largest absolute Gasteiger partial charge is 0.394 e. The van der Waals surface area contributed by atoms with Crippen LogP contribution >= 0.6 is 0 Å². The summed E-state index contributed by atoms with van der Waals surface area (Å²) >= 11 is 0. The number of anilines is 1. The molecule has 0 bridgehead atoms. The number of hydrogen-bond donors (Lipinski definition) is 4. The van der Waals surface area contributed by atoms with Gasteiger partial charge in [-0.25, -0.2) is 9.97 Å². The van der Waals surface area contributed by atoms with Crippen LogP contribution in [0.2, 0.25) is 19.6 Å². The number of ether oxygens (including phenoxy) is 1. The van der Waals surface area contributed by atoms with Crippen LogP contribution in [-0.4, -0.2) is 62.3 Å². The van der Waals surface area contributed by atoms with Gasteiger partial charge in [-0.3, -0.25) is 0 Å². The summed E-state index contributed by atoms with van der Waals surface area (Å²) in [5.41, 5.74) is 8.80. The van der Waals surface area contributed by atoms with Gasteiger partial charge in [0.25, 0.3) is 0 Å². The fourth-order valence-electron chi connectivity index (χ4n) is 3.03. The summed E-state index contributed by atoms with van der Waals surface area (Å²) < 4.78 is 7.30. The van der Waals surface area contributed by atoms with Crippen molar-refractivity contribution in [3.63, 3.8) is 0 Å². The lowest BCUT2D eigenvalue weighted by Crippen LogP contribution is -2.44. The Labute approximate surface area is 152 Å². The Kier molecular flexibility index (Phi) is 4.58. The lowest BCUT2D eigenvalue weighted by atomic mass is 9.96. The van der Waals surface area contributed by atoms with Crippen LogP contribution in [0.25, 0.3) is 11.0 Å². The van der Waals surface area contributed by atoms with Gasteiger partial charge in [-0.1, -0.05) is 25.6 Å². The van der Waals surface area contributed by atoms with Gasteiger partial charge in [0.15, 0.2) is 6.23 Å². The van der Waals surface area contributed by atoms with E-state index in [1.165, 1.54) is 13.3 Å². The van der Waals surface area contributed by atoms with Gasteiger partial charge in [0.05, 0.1) is 17.6 Å². The predicted molar refractivity (Wildman–Crippen MR) is 99.8 cm³/mol. The molecule has 1 fully saturated rings. The molecule has 0 amide bonds. The van der Waals surface area contributed by atoms with Crippen LogP contribution in [-0.2, 0) is 4.74 Å². The maximum atomic E-state index is 10.8. The van der Waals surface area contributed by atoms with E-state index in [4.69, 9.17) is 10.5 Å². The summed E-state index contributed by atoms with van der Waals surface area (Å²) in [5, 5.41) is 31.0. The molecule has 1 unspecified atom stereocenters. The second kappa shape index (κ2) is 6.33. The smallest absolute Gasteiger partial charge is 0.167 e. The number of aromatic nitrogens is 3. The minimum absolute atomic E-state index is 0.283. The summed E-state index contributed by atoms with van der Waals surface area (Å²) in [4.78, 5) is 8.31. The van der Waals surface area contributed by atoms with Gasteiger partial charge in [-0.15, -0.1) is 5.54 Å². The first kappa shape index (κ1) is 18.8. The van der Waals surface area contributed by atoms with Crippen molar-refractivity contribution in [2.24, 2.45) is 0 Å². The van der Waals surface area contributed by atoms with Gasteiger partial charge in [0, 0.05) is 6.20 Å². The third kappa shape index (κ3) is 3.11. The maximum Gasteiger partial charge on any atom is 0.167 e. The number of nitrogens with zero attached hydrogens (tertiary/aromatic N) is 3. The topological polar surface area (TPSA) is 127 Å². The molecule has 3 heterocycles. The molecule has 9 heteroatoms. The van der Waals surface area contributed by atoms with Gasteiger partial charge in [-0.05, 0) is 6.92 Å². The van der Waals surface area contributed by atoms with Crippen molar-refractivity contribution in [1.29, 1.82) is 0 Å². The first-order chi connectivity index (χ1) is 12.1. The van der Waals surface area contributed by atoms with Gasteiger partial charge in [-0.2, -0.15) is 0 Å². The SMILES string of the molecule is C[C@]1(O)C(n2cc(C#C[Si](C)(C)C)c3c(N)ncnc32)O[C@H](CO)[C@H]1O. The van der Waals surface area contributed by atoms with Crippen molar-refractivity contribution in [3.05, 3.63) is 18.1 Å². The number of fused-ring (bicyclic) bond motifs is 1.